The minimum atomic E-state index is 0.604. The summed E-state index contributed by atoms with van der Waals surface area (Å²) in [5.74, 6) is 3.33. The molecule has 2 aromatic rings. The number of anilines is 2. The van der Waals surface area contributed by atoms with E-state index in [1.165, 1.54) is 0 Å². The van der Waals surface area contributed by atoms with E-state index >= 15 is 0 Å². The van der Waals surface area contributed by atoms with Gasteiger partial charge in [-0.3, -0.25) is 4.57 Å². The van der Waals surface area contributed by atoms with Gasteiger partial charge in [-0.25, -0.2) is 0 Å². The van der Waals surface area contributed by atoms with Crippen molar-refractivity contribution in [3.8, 4) is 0 Å². The van der Waals surface area contributed by atoms with Crippen LogP contribution in [0.3, 0.4) is 0 Å². The fourth-order valence-corrected chi connectivity index (χ4v) is 1.61. The van der Waals surface area contributed by atoms with E-state index in [1.54, 1.807) is 0 Å². The van der Waals surface area contributed by atoms with Gasteiger partial charge in [-0.1, -0.05) is 0 Å². The van der Waals surface area contributed by atoms with Crippen molar-refractivity contribution in [2.45, 2.75) is 13.5 Å². The summed E-state index contributed by atoms with van der Waals surface area (Å²) in [6.07, 6.45) is 0. The average molecular weight is 235 g/mol. The van der Waals surface area contributed by atoms with E-state index in [-0.39, 0.29) is 0 Å². The first kappa shape index (κ1) is 11.5. The Morgan fingerprint density at radius 1 is 1.35 bits per heavy atom. The second-order valence-electron chi connectivity index (χ2n) is 4.14. The first-order valence-corrected chi connectivity index (χ1v) is 5.44. The molecule has 0 aliphatic carbocycles. The Kier molecular flexibility index (Phi) is 3.03. The third-order valence-electron chi connectivity index (χ3n) is 2.47. The van der Waals surface area contributed by atoms with Crippen molar-refractivity contribution in [1.82, 2.24) is 14.8 Å². The van der Waals surface area contributed by atoms with Crippen molar-refractivity contribution < 1.29 is 4.42 Å². The van der Waals surface area contributed by atoms with Crippen LogP contribution in [0.1, 0.15) is 11.5 Å². The van der Waals surface area contributed by atoms with Crippen LogP contribution < -0.4 is 10.2 Å². The quantitative estimate of drug-likeness (QED) is 0.868. The SMILES string of the molecule is Cc1ccc(CNc2nnc(N(C)C)n2C)o1. The normalized spacial score (nSPS) is 10.6. The van der Waals surface area contributed by atoms with Crippen molar-refractivity contribution >= 4 is 11.9 Å². The lowest BCUT2D eigenvalue weighted by molar-refractivity contribution is 0.490. The fourth-order valence-electron chi connectivity index (χ4n) is 1.61. The zero-order chi connectivity index (χ0) is 12.4. The Morgan fingerprint density at radius 2 is 2.12 bits per heavy atom. The van der Waals surface area contributed by atoms with E-state index in [1.807, 2.05) is 49.7 Å². The number of hydrogen-bond donors (Lipinski definition) is 1. The third-order valence-corrected chi connectivity index (χ3v) is 2.47. The van der Waals surface area contributed by atoms with Gasteiger partial charge in [0.15, 0.2) is 0 Å². The van der Waals surface area contributed by atoms with E-state index in [2.05, 4.69) is 15.5 Å². The number of nitrogens with one attached hydrogen (secondary N) is 1. The predicted molar refractivity (Wildman–Crippen MR) is 66.1 cm³/mol. The zero-order valence-electron chi connectivity index (χ0n) is 10.6. The molecule has 2 aromatic heterocycles. The Morgan fingerprint density at radius 3 is 2.65 bits per heavy atom. The summed E-state index contributed by atoms with van der Waals surface area (Å²) in [5.41, 5.74) is 0. The molecule has 2 rings (SSSR count). The van der Waals surface area contributed by atoms with Crippen molar-refractivity contribution in [2.24, 2.45) is 7.05 Å². The maximum atomic E-state index is 5.47. The van der Waals surface area contributed by atoms with Crippen LogP contribution in [0.25, 0.3) is 0 Å². The molecule has 2 heterocycles. The van der Waals surface area contributed by atoms with Gasteiger partial charge in [0.25, 0.3) is 0 Å². The molecule has 0 atom stereocenters. The molecule has 92 valence electrons. The van der Waals surface area contributed by atoms with Gasteiger partial charge >= 0.3 is 0 Å². The number of aryl methyl sites for hydroxylation is 1. The van der Waals surface area contributed by atoms with Gasteiger partial charge in [0.05, 0.1) is 6.54 Å². The lowest BCUT2D eigenvalue weighted by atomic mass is 10.4. The van der Waals surface area contributed by atoms with Gasteiger partial charge in [0, 0.05) is 21.1 Å². The lowest BCUT2D eigenvalue weighted by Crippen LogP contribution is -2.14. The van der Waals surface area contributed by atoms with E-state index in [4.69, 9.17) is 4.42 Å². The first-order valence-electron chi connectivity index (χ1n) is 5.44. The number of nitrogens with zero attached hydrogens (tertiary/aromatic N) is 4. The van der Waals surface area contributed by atoms with E-state index in [0.29, 0.717) is 6.54 Å². The molecule has 0 radical (unpaired) electrons. The molecule has 0 unspecified atom stereocenters. The monoisotopic (exact) mass is 235 g/mol. The smallest absolute Gasteiger partial charge is 0.227 e. The molecule has 6 nitrogen and oxygen atoms in total. The number of hydrogen-bond acceptors (Lipinski definition) is 5. The third kappa shape index (κ3) is 2.41. The largest absolute Gasteiger partial charge is 0.465 e. The maximum absolute atomic E-state index is 5.47. The second kappa shape index (κ2) is 4.48. The highest BCUT2D eigenvalue weighted by Gasteiger charge is 2.09. The van der Waals surface area contributed by atoms with Crippen LogP contribution in [0, 0.1) is 6.92 Å². The molecule has 17 heavy (non-hydrogen) atoms. The van der Waals surface area contributed by atoms with Gasteiger partial charge < -0.3 is 14.6 Å². The number of furan rings is 1. The molecule has 0 fully saturated rings. The van der Waals surface area contributed by atoms with Crippen molar-refractivity contribution in [1.29, 1.82) is 0 Å². The highest BCUT2D eigenvalue weighted by atomic mass is 16.3. The first-order chi connectivity index (χ1) is 8.08. The molecule has 6 heteroatoms. The van der Waals surface area contributed by atoms with Gasteiger partial charge in [0.1, 0.15) is 11.5 Å². The van der Waals surface area contributed by atoms with Crippen molar-refractivity contribution in [2.75, 3.05) is 24.3 Å². The van der Waals surface area contributed by atoms with Crippen LogP contribution in [0.5, 0.6) is 0 Å². The Hall–Kier alpha value is -1.98. The average Bonchev–Trinajstić information content (AvgIpc) is 2.82. The number of aromatic nitrogens is 3. The fraction of sp³-hybridized carbons (Fsp3) is 0.455. The summed E-state index contributed by atoms with van der Waals surface area (Å²) in [6.45, 7) is 2.53. The van der Waals surface area contributed by atoms with Gasteiger partial charge in [-0.05, 0) is 19.1 Å². The molecule has 0 aliphatic rings. The standard InChI is InChI=1S/C11H17N5O/c1-8-5-6-9(17-8)7-12-10-13-14-11(15(2)3)16(10)4/h5-6H,7H2,1-4H3,(H,12,13). The highest BCUT2D eigenvalue weighted by Crippen LogP contribution is 2.13. The van der Waals surface area contributed by atoms with E-state index in [0.717, 1.165) is 23.4 Å². The molecular formula is C11H17N5O. The summed E-state index contributed by atoms with van der Waals surface area (Å²) in [4.78, 5) is 1.91. The molecular weight excluding hydrogens is 218 g/mol. The molecule has 0 aliphatic heterocycles. The van der Waals surface area contributed by atoms with Gasteiger partial charge in [0.2, 0.25) is 11.9 Å². The molecule has 1 N–H and O–H groups in total. The minimum absolute atomic E-state index is 0.604. The maximum Gasteiger partial charge on any atom is 0.227 e. The zero-order valence-corrected chi connectivity index (χ0v) is 10.6. The van der Waals surface area contributed by atoms with Crippen LogP contribution in [0.2, 0.25) is 0 Å². The highest BCUT2D eigenvalue weighted by molar-refractivity contribution is 5.38. The lowest BCUT2D eigenvalue weighted by Gasteiger charge is -2.11. The Labute approximate surface area is 100 Å². The summed E-state index contributed by atoms with van der Waals surface area (Å²) in [7, 11) is 5.79. The van der Waals surface area contributed by atoms with E-state index < -0.39 is 0 Å². The Bertz CT molecular complexity index is 500. The van der Waals surface area contributed by atoms with Crippen LogP contribution in [-0.2, 0) is 13.6 Å². The molecule has 0 aromatic carbocycles. The summed E-state index contributed by atoms with van der Waals surface area (Å²) in [5, 5.41) is 11.3. The van der Waals surface area contributed by atoms with Crippen molar-refractivity contribution in [3.05, 3.63) is 23.7 Å². The van der Waals surface area contributed by atoms with Crippen molar-refractivity contribution in [3.63, 3.8) is 0 Å². The second-order valence-corrected chi connectivity index (χ2v) is 4.14. The molecule has 0 spiro atoms. The molecule has 0 amide bonds. The summed E-state index contributed by atoms with van der Waals surface area (Å²) >= 11 is 0. The summed E-state index contributed by atoms with van der Waals surface area (Å²) in [6, 6.07) is 3.89. The molecule has 0 saturated carbocycles. The predicted octanol–water partition coefficient (Wildman–Crippen LogP) is 1.39. The molecule has 0 saturated heterocycles. The van der Waals surface area contributed by atoms with Crippen LogP contribution in [-0.4, -0.2) is 28.9 Å². The van der Waals surface area contributed by atoms with E-state index in [9.17, 15) is 0 Å². The summed E-state index contributed by atoms with van der Waals surface area (Å²) < 4.78 is 7.37. The Balaban J connectivity index is 2.04. The van der Waals surface area contributed by atoms with Crippen LogP contribution in [0.4, 0.5) is 11.9 Å². The minimum Gasteiger partial charge on any atom is -0.465 e. The molecule has 0 bridgehead atoms. The van der Waals surface area contributed by atoms with Gasteiger partial charge in [-0.15, -0.1) is 10.2 Å². The number of rotatable bonds is 4. The van der Waals surface area contributed by atoms with Crippen LogP contribution >= 0.6 is 0 Å². The van der Waals surface area contributed by atoms with Crippen LogP contribution in [0.15, 0.2) is 16.5 Å². The van der Waals surface area contributed by atoms with Gasteiger partial charge in [-0.2, -0.15) is 0 Å². The topological polar surface area (TPSA) is 59.1 Å².